The van der Waals surface area contributed by atoms with Crippen molar-refractivity contribution in [3.8, 4) is 11.7 Å². The zero-order valence-corrected chi connectivity index (χ0v) is 12.2. The van der Waals surface area contributed by atoms with Crippen LogP contribution in [0.2, 0.25) is 0 Å². The van der Waals surface area contributed by atoms with Crippen LogP contribution < -0.4 is 5.73 Å². The molecule has 2 aromatic heterocycles. The summed E-state index contributed by atoms with van der Waals surface area (Å²) in [6.07, 6.45) is 5.99. The van der Waals surface area contributed by atoms with Gasteiger partial charge in [-0.2, -0.15) is 4.98 Å². The van der Waals surface area contributed by atoms with Gasteiger partial charge in [-0.1, -0.05) is 24.4 Å². The van der Waals surface area contributed by atoms with E-state index in [1.807, 2.05) is 6.07 Å². The molecule has 1 fully saturated rings. The van der Waals surface area contributed by atoms with Crippen LogP contribution in [0.1, 0.15) is 49.8 Å². The minimum absolute atomic E-state index is 0.105. The Hall–Kier alpha value is -1.66. The topological polar surface area (TPSA) is 87.3 Å². The Morgan fingerprint density at radius 3 is 2.81 bits per heavy atom. The smallest absolute Gasteiger partial charge is 0.293 e. The maximum atomic E-state index is 5.62. The molecule has 0 bridgehead atoms. The Bertz CT molecular complexity index is 572. The molecule has 0 spiro atoms. The first-order valence-corrected chi connectivity index (χ1v) is 7.47. The highest BCUT2D eigenvalue weighted by molar-refractivity contribution is 5.44. The molecule has 2 heterocycles. The van der Waals surface area contributed by atoms with Crippen LogP contribution in [-0.4, -0.2) is 17.3 Å². The number of furan rings is 1. The first-order chi connectivity index (χ1) is 10.3. The van der Waals surface area contributed by atoms with E-state index in [4.69, 9.17) is 19.4 Å². The summed E-state index contributed by atoms with van der Waals surface area (Å²) in [6, 6.07) is 3.61. The largest absolute Gasteiger partial charge is 0.455 e. The molecular formula is C15H21N3O3. The van der Waals surface area contributed by atoms with E-state index in [1.54, 1.807) is 13.2 Å². The molecule has 6 heteroatoms. The summed E-state index contributed by atoms with van der Waals surface area (Å²) in [5, 5.41) is 4.07. The quantitative estimate of drug-likeness (QED) is 0.911. The highest BCUT2D eigenvalue weighted by Crippen LogP contribution is 2.36. The lowest BCUT2D eigenvalue weighted by molar-refractivity contribution is 0.0274. The predicted octanol–water partition coefficient (Wildman–Crippen LogP) is 3.06. The molecular weight excluding hydrogens is 270 g/mol. The summed E-state index contributed by atoms with van der Waals surface area (Å²) in [5.41, 5.74) is 5.53. The van der Waals surface area contributed by atoms with Crippen LogP contribution in [0, 0.1) is 5.92 Å². The van der Waals surface area contributed by atoms with E-state index in [2.05, 4.69) is 10.1 Å². The first-order valence-electron chi connectivity index (χ1n) is 7.47. The summed E-state index contributed by atoms with van der Waals surface area (Å²) in [6.45, 7) is 0.351. The monoisotopic (exact) mass is 291 g/mol. The minimum Gasteiger partial charge on any atom is -0.455 e. The molecule has 114 valence electrons. The van der Waals surface area contributed by atoms with Crippen LogP contribution >= 0.6 is 0 Å². The Morgan fingerprint density at radius 2 is 2.14 bits per heavy atom. The standard InChI is InChI=1S/C15H21N3O3/c1-19-13(10-5-3-2-4-6-10)14-17-15(21-18-14)12-8-7-11(9-16)20-12/h7-8,10,13H,2-6,9,16H2,1H3. The molecule has 2 N–H and O–H groups in total. The van der Waals surface area contributed by atoms with E-state index >= 15 is 0 Å². The lowest BCUT2D eigenvalue weighted by Gasteiger charge is -2.26. The Morgan fingerprint density at radius 1 is 1.33 bits per heavy atom. The van der Waals surface area contributed by atoms with Crippen molar-refractivity contribution in [3.63, 3.8) is 0 Å². The fourth-order valence-electron chi connectivity index (χ4n) is 3.00. The van der Waals surface area contributed by atoms with Crippen molar-refractivity contribution in [1.29, 1.82) is 0 Å². The number of hydrogen-bond acceptors (Lipinski definition) is 6. The van der Waals surface area contributed by atoms with Gasteiger partial charge in [0.1, 0.15) is 11.9 Å². The molecule has 0 saturated heterocycles. The van der Waals surface area contributed by atoms with E-state index in [1.165, 1.54) is 19.3 Å². The van der Waals surface area contributed by atoms with Gasteiger partial charge in [0.2, 0.25) is 5.82 Å². The number of nitrogens with two attached hydrogens (primary N) is 1. The van der Waals surface area contributed by atoms with Crippen LogP contribution in [0.5, 0.6) is 0 Å². The second-order valence-electron chi connectivity index (χ2n) is 5.48. The van der Waals surface area contributed by atoms with Crippen molar-refractivity contribution in [3.05, 3.63) is 23.7 Å². The van der Waals surface area contributed by atoms with Gasteiger partial charge in [-0.3, -0.25) is 0 Å². The summed E-state index contributed by atoms with van der Waals surface area (Å²) in [4.78, 5) is 4.44. The molecule has 1 unspecified atom stereocenters. The molecule has 0 aliphatic heterocycles. The SMILES string of the molecule is COC(c1noc(-c2ccc(CN)o2)n1)C1CCCCC1. The number of ether oxygens (including phenoxy) is 1. The van der Waals surface area contributed by atoms with Gasteiger partial charge in [0, 0.05) is 7.11 Å². The molecule has 1 atom stereocenters. The maximum absolute atomic E-state index is 5.62. The number of rotatable bonds is 5. The predicted molar refractivity (Wildman–Crippen MR) is 76.2 cm³/mol. The molecule has 2 aromatic rings. The van der Waals surface area contributed by atoms with Crippen molar-refractivity contribution >= 4 is 0 Å². The van der Waals surface area contributed by atoms with E-state index in [0.29, 0.717) is 35.7 Å². The maximum Gasteiger partial charge on any atom is 0.293 e. The van der Waals surface area contributed by atoms with Crippen molar-refractivity contribution in [1.82, 2.24) is 10.1 Å². The third kappa shape index (κ3) is 3.01. The highest BCUT2D eigenvalue weighted by atomic mass is 16.5. The zero-order chi connectivity index (χ0) is 14.7. The number of hydrogen-bond donors (Lipinski definition) is 1. The Kier molecular flexibility index (Phi) is 4.36. The van der Waals surface area contributed by atoms with Crippen LogP contribution in [-0.2, 0) is 11.3 Å². The number of nitrogens with zero attached hydrogens (tertiary/aromatic N) is 2. The summed E-state index contributed by atoms with van der Waals surface area (Å²) < 4.78 is 16.5. The molecule has 3 rings (SSSR count). The van der Waals surface area contributed by atoms with Crippen LogP contribution in [0.25, 0.3) is 11.7 Å². The summed E-state index contributed by atoms with van der Waals surface area (Å²) >= 11 is 0. The lowest BCUT2D eigenvalue weighted by atomic mass is 9.85. The van der Waals surface area contributed by atoms with E-state index in [-0.39, 0.29) is 6.10 Å². The van der Waals surface area contributed by atoms with Gasteiger partial charge in [-0.25, -0.2) is 0 Å². The molecule has 1 aliphatic rings. The van der Waals surface area contributed by atoms with Gasteiger partial charge < -0.3 is 19.4 Å². The molecule has 0 radical (unpaired) electrons. The van der Waals surface area contributed by atoms with Crippen molar-refractivity contribution < 1.29 is 13.7 Å². The second kappa shape index (κ2) is 6.41. The summed E-state index contributed by atoms with van der Waals surface area (Å²) in [7, 11) is 1.70. The first kappa shape index (κ1) is 14.3. The van der Waals surface area contributed by atoms with Gasteiger partial charge in [0.15, 0.2) is 5.76 Å². The van der Waals surface area contributed by atoms with Crippen molar-refractivity contribution in [2.75, 3.05) is 7.11 Å². The number of methoxy groups -OCH3 is 1. The zero-order valence-electron chi connectivity index (χ0n) is 12.2. The second-order valence-corrected chi connectivity index (χ2v) is 5.48. The van der Waals surface area contributed by atoms with Crippen LogP contribution in [0.3, 0.4) is 0 Å². The average Bonchev–Trinajstić information content (AvgIpc) is 3.18. The average molecular weight is 291 g/mol. The van der Waals surface area contributed by atoms with Crippen molar-refractivity contribution in [2.24, 2.45) is 11.7 Å². The fourth-order valence-corrected chi connectivity index (χ4v) is 3.00. The van der Waals surface area contributed by atoms with Gasteiger partial charge in [0.25, 0.3) is 5.89 Å². The van der Waals surface area contributed by atoms with E-state index < -0.39 is 0 Å². The van der Waals surface area contributed by atoms with Gasteiger partial charge in [-0.05, 0) is 30.9 Å². The van der Waals surface area contributed by atoms with Gasteiger partial charge in [0.05, 0.1) is 6.54 Å². The Balaban J connectivity index is 1.78. The molecule has 1 saturated carbocycles. The number of aromatic nitrogens is 2. The third-order valence-electron chi connectivity index (χ3n) is 4.10. The molecule has 1 aliphatic carbocycles. The Labute approximate surface area is 123 Å². The molecule has 6 nitrogen and oxygen atoms in total. The fraction of sp³-hybridized carbons (Fsp3) is 0.600. The minimum atomic E-state index is -0.105. The highest BCUT2D eigenvalue weighted by Gasteiger charge is 2.29. The lowest BCUT2D eigenvalue weighted by Crippen LogP contribution is -2.19. The van der Waals surface area contributed by atoms with Gasteiger partial charge in [-0.15, -0.1) is 0 Å². The summed E-state index contributed by atoms with van der Waals surface area (Å²) in [5.74, 6) is 2.69. The van der Waals surface area contributed by atoms with E-state index in [9.17, 15) is 0 Å². The van der Waals surface area contributed by atoms with Gasteiger partial charge >= 0.3 is 0 Å². The van der Waals surface area contributed by atoms with Crippen LogP contribution in [0.15, 0.2) is 21.1 Å². The van der Waals surface area contributed by atoms with Crippen LogP contribution in [0.4, 0.5) is 0 Å². The normalized spacial score (nSPS) is 18.0. The van der Waals surface area contributed by atoms with Crippen molar-refractivity contribution in [2.45, 2.75) is 44.8 Å². The molecule has 21 heavy (non-hydrogen) atoms. The third-order valence-corrected chi connectivity index (χ3v) is 4.10. The molecule has 0 aromatic carbocycles. The van der Waals surface area contributed by atoms with E-state index in [0.717, 1.165) is 12.8 Å². The molecule has 0 amide bonds.